The van der Waals surface area contributed by atoms with Crippen molar-refractivity contribution in [3.63, 3.8) is 0 Å². The molecular formula is C11H18N8. The van der Waals surface area contributed by atoms with Gasteiger partial charge in [-0.1, -0.05) is 0 Å². The number of anilines is 2. The van der Waals surface area contributed by atoms with Crippen LogP contribution in [-0.2, 0) is 0 Å². The first-order chi connectivity index (χ1) is 9.19. The fourth-order valence-corrected chi connectivity index (χ4v) is 1.76. The molecule has 0 bridgehead atoms. The highest BCUT2D eigenvalue weighted by molar-refractivity contribution is 5.39. The van der Waals surface area contributed by atoms with Crippen LogP contribution in [0.3, 0.4) is 0 Å². The normalized spacial score (nSPS) is 10.5. The summed E-state index contributed by atoms with van der Waals surface area (Å²) < 4.78 is 1.79. The van der Waals surface area contributed by atoms with Gasteiger partial charge in [0.15, 0.2) is 0 Å². The van der Waals surface area contributed by atoms with Gasteiger partial charge in [0.05, 0.1) is 0 Å². The zero-order valence-corrected chi connectivity index (χ0v) is 11.3. The standard InChI is InChI=1S/C11H18N8/c1-4-18(5-2)10-14-9(17-12)15-11(16-10)19-7-6-13-8(19)3/h6-7H,4-5,12H2,1-3H3,(H,14,15,16,17). The smallest absolute Gasteiger partial charge is 0.243 e. The predicted molar refractivity (Wildman–Crippen MR) is 73.1 cm³/mol. The summed E-state index contributed by atoms with van der Waals surface area (Å²) in [6.07, 6.45) is 3.50. The molecule has 0 aromatic carbocycles. The number of nitrogens with one attached hydrogen (secondary N) is 1. The van der Waals surface area contributed by atoms with E-state index in [-0.39, 0.29) is 0 Å². The molecule has 2 rings (SSSR count). The number of hydrogen-bond donors (Lipinski definition) is 2. The van der Waals surface area contributed by atoms with E-state index >= 15 is 0 Å². The first kappa shape index (κ1) is 13.2. The molecule has 0 amide bonds. The van der Waals surface area contributed by atoms with Crippen LogP contribution in [-0.4, -0.2) is 37.6 Å². The fourth-order valence-electron chi connectivity index (χ4n) is 1.76. The second kappa shape index (κ2) is 5.61. The van der Waals surface area contributed by atoms with Gasteiger partial charge in [-0.3, -0.25) is 9.99 Å². The molecule has 0 aliphatic carbocycles. The van der Waals surface area contributed by atoms with E-state index < -0.39 is 0 Å². The van der Waals surface area contributed by atoms with Gasteiger partial charge in [-0.25, -0.2) is 10.8 Å². The summed E-state index contributed by atoms with van der Waals surface area (Å²) in [4.78, 5) is 19.2. The third kappa shape index (κ3) is 2.63. The lowest BCUT2D eigenvalue weighted by Gasteiger charge is -2.19. The zero-order chi connectivity index (χ0) is 13.8. The molecule has 8 nitrogen and oxygen atoms in total. The predicted octanol–water partition coefficient (Wildman–Crippen LogP) is 0.498. The summed E-state index contributed by atoms with van der Waals surface area (Å²) in [5, 5.41) is 0. The Kier molecular flexibility index (Phi) is 3.91. The van der Waals surface area contributed by atoms with Gasteiger partial charge in [-0.15, -0.1) is 0 Å². The largest absolute Gasteiger partial charge is 0.341 e. The van der Waals surface area contributed by atoms with Crippen LogP contribution < -0.4 is 16.2 Å². The monoisotopic (exact) mass is 262 g/mol. The molecule has 0 fully saturated rings. The lowest BCUT2D eigenvalue weighted by atomic mass is 10.5. The second-order valence-corrected chi connectivity index (χ2v) is 3.92. The highest BCUT2D eigenvalue weighted by Gasteiger charge is 2.12. The molecule has 0 saturated heterocycles. The van der Waals surface area contributed by atoms with E-state index in [0.717, 1.165) is 18.9 Å². The van der Waals surface area contributed by atoms with Crippen LogP contribution in [0.2, 0.25) is 0 Å². The van der Waals surface area contributed by atoms with Crippen molar-refractivity contribution < 1.29 is 0 Å². The maximum Gasteiger partial charge on any atom is 0.243 e. The molecule has 8 heteroatoms. The zero-order valence-electron chi connectivity index (χ0n) is 11.3. The minimum Gasteiger partial charge on any atom is -0.341 e. The number of hydrogen-bond acceptors (Lipinski definition) is 7. The molecule has 2 aromatic rings. The average molecular weight is 262 g/mol. The number of aromatic nitrogens is 5. The highest BCUT2D eigenvalue weighted by Crippen LogP contribution is 2.13. The van der Waals surface area contributed by atoms with E-state index in [1.165, 1.54) is 0 Å². The number of imidazole rings is 1. The highest BCUT2D eigenvalue weighted by atomic mass is 15.4. The van der Waals surface area contributed by atoms with Gasteiger partial charge < -0.3 is 4.90 Å². The maximum absolute atomic E-state index is 5.42. The van der Waals surface area contributed by atoms with Crippen LogP contribution in [0.15, 0.2) is 12.4 Å². The molecule has 2 heterocycles. The Morgan fingerprint density at radius 2 is 2.00 bits per heavy atom. The number of nitrogen functional groups attached to an aromatic ring is 1. The van der Waals surface area contributed by atoms with Crippen LogP contribution in [0, 0.1) is 6.92 Å². The third-order valence-electron chi connectivity index (χ3n) is 2.83. The van der Waals surface area contributed by atoms with Crippen LogP contribution >= 0.6 is 0 Å². The first-order valence-corrected chi connectivity index (χ1v) is 6.17. The average Bonchev–Trinajstić information content (AvgIpc) is 2.86. The van der Waals surface area contributed by atoms with Gasteiger partial charge in [-0.2, -0.15) is 15.0 Å². The van der Waals surface area contributed by atoms with Crippen molar-refractivity contribution in [2.45, 2.75) is 20.8 Å². The van der Waals surface area contributed by atoms with E-state index in [9.17, 15) is 0 Å². The van der Waals surface area contributed by atoms with Gasteiger partial charge in [0.25, 0.3) is 0 Å². The molecule has 3 N–H and O–H groups in total. The number of aryl methyl sites for hydroxylation is 1. The summed E-state index contributed by atoms with van der Waals surface area (Å²) in [5.74, 6) is 7.65. The lowest BCUT2D eigenvalue weighted by Crippen LogP contribution is -2.26. The SMILES string of the molecule is CCN(CC)c1nc(NN)nc(-n2ccnc2C)n1. The Balaban J connectivity index is 2.50. The lowest BCUT2D eigenvalue weighted by molar-refractivity contribution is 0.788. The van der Waals surface area contributed by atoms with Crippen LogP contribution in [0.1, 0.15) is 19.7 Å². The van der Waals surface area contributed by atoms with Crippen LogP contribution in [0.25, 0.3) is 5.95 Å². The van der Waals surface area contributed by atoms with Crippen molar-refractivity contribution in [2.75, 3.05) is 23.4 Å². The fraction of sp³-hybridized carbons (Fsp3) is 0.455. The summed E-state index contributed by atoms with van der Waals surface area (Å²) in [6.45, 7) is 7.60. The van der Waals surface area contributed by atoms with E-state index in [4.69, 9.17) is 5.84 Å². The minimum absolute atomic E-state index is 0.333. The van der Waals surface area contributed by atoms with Gasteiger partial charge >= 0.3 is 0 Å². The number of hydrazine groups is 1. The summed E-state index contributed by atoms with van der Waals surface area (Å²) in [7, 11) is 0. The molecule has 0 spiro atoms. The van der Waals surface area contributed by atoms with Crippen molar-refractivity contribution in [3.8, 4) is 5.95 Å². The Bertz CT molecular complexity index is 545. The molecular weight excluding hydrogens is 244 g/mol. The van der Waals surface area contributed by atoms with Crippen molar-refractivity contribution in [3.05, 3.63) is 18.2 Å². The van der Waals surface area contributed by atoms with E-state index in [1.807, 2.05) is 25.7 Å². The third-order valence-corrected chi connectivity index (χ3v) is 2.83. The second-order valence-electron chi connectivity index (χ2n) is 3.92. The quantitative estimate of drug-likeness (QED) is 0.598. The molecule has 0 radical (unpaired) electrons. The number of nitrogens with two attached hydrogens (primary N) is 1. The molecule has 102 valence electrons. The Hall–Kier alpha value is -2.22. The van der Waals surface area contributed by atoms with Gasteiger partial charge in [-0.05, 0) is 20.8 Å². The number of nitrogens with zero attached hydrogens (tertiary/aromatic N) is 6. The summed E-state index contributed by atoms with van der Waals surface area (Å²) in [6, 6.07) is 0. The van der Waals surface area contributed by atoms with Crippen molar-refractivity contribution in [2.24, 2.45) is 5.84 Å². The molecule has 0 atom stereocenters. The molecule has 19 heavy (non-hydrogen) atoms. The van der Waals surface area contributed by atoms with Crippen molar-refractivity contribution >= 4 is 11.9 Å². The maximum atomic E-state index is 5.42. The van der Waals surface area contributed by atoms with Crippen LogP contribution in [0.4, 0.5) is 11.9 Å². The summed E-state index contributed by atoms with van der Waals surface area (Å²) in [5.41, 5.74) is 2.47. The van der Waals surface area contributed by atoms with Gasteiger partial charge in [0, 0.05) is 25.5 Å². The minimum atomic E-state index is 0.333. The topological polar surface area (TPSA) is 97.8 Å². The number of rotatable bonds is 5. The van der Waals surface area contributed by atoms with Crippen molar-refractivity contribution in [1.82, 2.24) is 24.5 Å². The Morgan fingerprint density at radius 3 is 2.53 bits per heavy atom. The molecule has 0 unspecified atom stereocenters. The van der Waals surface area contributed by atoms with Crippen LogP contribution in [0.5, 0.6) is 0 Å². The Labute approximate surface area is 111 Å². The van der Waals surface area contributed by atoms with E-state index in [2.05, 4.69) is 25.4 Å². The van der Waals surface area contributed by atoms with Crippen molar-refractivity contribution in [1.29, 1.82) is 0 Å². The van der Waals surface area contributed by atoms with Gasteiger partial charge in [0.1, 0.15) is 5.82 Å². The van der Waals surface area contributed by atoms with Gasteiger partial charge in [0.2, 0.25) is 17.8 Å². The Morgan fingerprint density at radius 1 is 1.26 bits per heavy atom. The molecule has 0 saturated carbocycles. The summed E-state index contributed by atoms with van der Waals surface area (Å²) >= 11 is 0. The molecule has 0 aliphatic heterocycles. The molecule has 0 aliphatic rings. The first-order valence-electron chi connectivity index (χ1n) is 6.17. The molecule has 2 aromatic heterocycles. The van der Waals surface area contributed by atoms with E-state index in [0.29, 0.717) is 17.8 Å². The van der Waals surface area contributed by atoms with E-state index in [1.54, 1.807) is 17.0 Å².